The average molecular weight is 138 g/mol. The molecule has 1 heteroatoms. The Morgan fingerprint density at radius 1 is 1.10 bits per heavy atom. The van der Waals surface area contributed by atoms with E-state index in [0.717, 1.165) is 6.04 Å². The van der Waals surface area contributed by atoms with Gasteiger partial charge >= 0.3 is 0 Å². The second-order valence-corrected chi connectivity index (χ2v) is 3.48. The largest absolute Gasteiger partial charge is 0.300 e. The molecule has 0 N–H and O–H groups in total. The standard InChI is InChI=1S/C9H16N/c1-3-7-10-8-4-2-6-9(10)5-1/h5,9H,1-4,6-8H2/t9-/m1/s1. The van der Waals surface area contributed by atoms with Crippen LogP contribution in [0.3, 0.4) is 0 Å². The molecule has 0 aromatic carbocycles. The van der Waals surface area contributed by atoms with Gasteiger partial charge in [-0.2, -0.15) is 0 Å². The monoisotopic (exact) mass is 138 g/mol. The molecule has 0 saturated carbocycles. The quantitative estimate of drug-likeness (QED) is 0.493. The maximum Gasteiger partial charge on any atom is 0.0127 e. The van der Waals surface area contributed by atoms with Crippen LogP contribution in [0.25, 0.3) is 0 Å². The molecule has 2 heterocycles. The van der Waals surface area contributed by atoms with E-state index in [9.17, 15) is 0 Å². The lowest BCUT2D eigenvalue weighted by atomic mass is 9.93. The Kier molecular flexibility index (Phi) is 1.94. The lowest BCUT2D eigenvalue weighted by Gasteiger charge is -2.38. The predicted molar refractivity (Wildman–Crippen MR) is 42.7 cm³/mol. The molecule has 1 atom stereocenters. The normalized spacial score (nSPS) is 30.0. The summed E-state index contributed by atoms with van der Waals surface area (Å²) in [7, 11) is 0. The molecule has 1 radical (unpaired) electrons. The number of piperidine rings is 2. The minimum atomic E-state index is 0.863. The summed E-state index contributed by atoms with van der Waals surface area (Å²) in [6, 6.07) is 0.863. The Morgan fingerprint density at radius 3 is 2.90 bits per heavy atom. The van der Waals surface area contributed by atoms with Crippen molar-refractivity contribution in [3.8, 4) is 0 Å². The van der Waals surface area contributed by atoms with Crippen LogP contribution in [0, 0.1) is 6.42 Å². The highest BCUT2D eigenvalue weighted by Gasteiger charge is 2.24. The Morgan fingerprint density at radius 2 is 2.00 bits per heavy atom. The SMILES string of the molecule is [CH]1CCCN2CCCC[C@@H]12. The molecule has 10 heavy (non-hydrogen) atoms. The summed E-state index contributed by atoms with van der Waals surface area (Å²) < 4.78 is 0. The summed E-state index contributed by atoms with van der Waals surface area (Å²) in [5.74, 6) is 0. The predicted octanol–water partition coefficient (Wildman–Crippen LogP) is 1.84. The van der Waals surface area contributed by atoms with E-state index in [0.29, 0.717) is 0 Å². The van der Waals surface area contributed by atoms with Crippen LogP contribution in [0.2, 0.25) is 0 Å². The van der Waals surface area contributed by atoms with Gasteiger partial charge in [-0.15, -0.1) is 0 Å². The zero-order chi connectivity index (χ0) is 6.81. The fourth-order valence-electron chi connectivity index (χ4n) is 2.17. The number of rotatable bonds is 0. The Labute approximate surface area is 63.4 Å². The van der Waals surface area contributed by atoms with Crippen molar-refractivity contribution in [2.24, 2.45) is 0 Å². The number of fused-ring (bicyclic) bond motifs is 1. The van der Waals surface area contributed by atoms with E-state index in [4.69, 9.17) is 0 Å². The molecule has 2 saturated heterocycles. The second kappa shape index (κ2) is 2.91. The molecule has 0 aliphatic carbocycles. The van der Waals surface area contributed by atoms with E-state index < -0.39 is 0 Å². The van der Waals surface area contributed by atoms with E-state index in [1.54, 1.807) is 0 Å². The van der Waals surface area contributed by atoms with E-state index in [2.05, 4.69) is 11.3 Å². The molecule has 2 rings (SSSR count). The first-order chi connectivity index (χ1) is 4.97. The molecule has 0 unspecified atom stereocenters. The summed E-state index contributed by atoms with van der Waals surface area (Å²) in [5, 5.41) is 0. The third-order valence-corrected chi connectivity index (χ3v) is 2.75. The molecule has 0 aromatic heterocycles. The summed E-state index contributed by atoms with van der Waals surface area (Å²) in [6.07, 6.45) is 9.60. The molecule has 0 bridgehead atoms. The molecule has 0 amide bonds. The molecule has 1 nitrogen and oxygen atoms in total. The maximum atomic E-state index is 2.65. The highest BCUT2D eigenvalue weighted by molar-refractivity contribution is 4.91. The van der Waals surface area contributed by atoms with E-state index in [-0.39, 0.29) is 0 Å². The molecule has 2 aliphatic heterocycles. The minimum Gasteiger partial charge on any atom is -0.300 e. The van der Waals surface area contributed by atoms with Gasteiger partial charge in [0.2, 0.25) is 0 Å². The van der Waals surface area contributed by atoms with E-state index in [1.165, 1.54) is 45.2 Å². The third kappa shape index (κ3) is 1.20. The van der Waals surface area contributed by atoms with Gasteiger partial charge in [0.05, 0.1) is 0 Å². The van der Waals surface area contributed by atoms with Crippen molar-refractivity contribution < 1.29 is 0 Å². The number of nitrogens with zero attached hydrogens (tertiary/aromatic N) is 1. The van der Waals surface area contributed by atoms with Crippen LogP contribution < -0.4 is 0 Å². The molecule has 2 aliphatic rings. The van der Waals surface area contributed by atoms with Crippen molar-refractivity contribution in [2.45, 2.75) is 38.1 Å². The van der Waals surface area contributed by atoms with Crippen molar-refractivity contribution in [1.29, 1.82) is 0 Å². The average Bonchev–Trinajstić information content (AvgIpc) is 2.05. The van der Waals surface area contributed by atoms with Crippen LogP contribution >= 0.6 is 0 Å². The van der Waals surface area contributed by atoms with Crippen molar-refractivity contribution >= 4 is 0 Å². The van der Waals surface area contributed by atoms with Crippen molar-refractivity contribution in [2.75, 3.05) is 13.1 Å². The maximum absolute atomic E-state index is 2.65. The van der Waals surface area contributed by atoms with Gasteiger partial charge in [0.25, 0.3) is 0 Å². The summed E-state index contributed by atoms with van der Waals surface area (Å²) in [4.78, 5) is 2.65. The first-order valence-corrected chi connectivity index (χ1v) is 4.54. The molecule has 57 valence electrons. The first-order valence-electron chi connectivity index (χ1n) is 4.54. The molecular weight excluding hydrogens is 122 g/mol. The van der Waals surface area contributed by atoms with Crippen LogP contribution in [-0.4, -0.2) is 24.0 Å². The van der Waals surface area contributed by atoms with Crippen LogP contribution in [0.1, 0.15) is 32.1 Å². The first kappa shape index (κ1) is 6.66. The van der Waals surface area contributed by atoms with Crippen LogP contribution in [0.4, 0.5) is 0 Å². The Hall–Kier alpha value is -0.0400. The van der Waals surface area contributed by atoms with Gasteiger partial charge in [0, 0.05) is 6.04 Å². The fourth-order valence-corrected chi connectivity index (χ4v) is 2.17. The van der Waals surface area contributed by atoms with Gasteiger partial charge in [-0.05, 0) is 45.2 Å². The molecule has 0 aromatic rings. The van der Waals surface area contributed by atoms with Gasteiger partial charge in [-0.3, -0.25) is 0 Å². The van der Waals surface area contributed by atoms with Gasteiger partial charge in [-0.1, -0.05) is 6.42 Å². The molecular formula is C9H16N. The Balaban J connectivity index is 1.93. The Bertz CT molecular complexity index is 85.3. The van der Waals surface area contributed by atoms with Crippen molar-refractivity contribution in [3.63, 3.8) is 0 Å². The van der Waals surface area contributed by atoms with Crippen LogP contribution in [0.5, 0.6) is 0 Å². The lowest BCUT2D eigenvalue weighted by molar-refractivity contribution is 0.144. The van der Waals surface area contributed by atoms with Gasteiger partial charge in [0.1, 0.15) is 0 Å². The summed E-state index contributed by atoms with van der Waals surface area (Å²) >= 11 is 0. The second-order valence-electron chi connectivity index (χ2n) is 3.48. The lowest BCUT2D eigenvalue weighted by Crippen LogP contribution is -2.42. The highest BCUT2D eigenvalue weighted by Crippen LogP contribution is 2.24. The smallest absolute Gasteiger partial charge is 0.0127 e. The number of hydrogen-bond donors (Lipinski definition) is 0. The van der Waals surface area contributed by atoms with Gasteiger partial charge in [-0.25, -0.2) is 0 Å². The zero-order valence-corrected chi connectivity index (χ0v) is 6.55. The van der Waals surface area contributed by atoms with E-state index >= 15 is 0 Å². The topological polar surface area (TPSA) is 3.24 Å². The zero-order valence-electron chi connectivity index (χ0n) is 6.55. The van der Waals surface area contributed by atoms with Gasteiger partial charge < -0.3 is 4.90 Å². The van der Waals surface area contributed by atoms with E-state index in [1.807, 2.05) is 0 Å². The summed E-state index contributed by atoms with van der Waals surface area (Å²) in [6.45, 7) is 2.72. The minimum absolute atomic E-state index is 0.863. The van der Waals surface area contributed by atoms with Crippen LogP contribution in [-0.2, 0) is 0 Å². The highest BCUT2D eigenvalue weighted by atomic mass is 15.2. The van der Waals surface area contributed by atoms with Crippen LogP contribution in [0.15, 0.2) is 0 Å². The van der Waals surface area contributed by atoms with Gasteiger partial charge in [0.15, 0.2) is 0 Å². The number of hydrogen-bond acceptors (Lipinski definition) is 1. The van der Waals surface area contributed by atoms with Crippen molar-refractivity contribution in [3.05, 3.63) is 6.42 Å². The summed E-state index contributed by atoms with van der Waals surface area (Å²) in [5.41, 5.74) is 0. The molecule has 0 spiro atoms. The fraction of sp³-hybridized carbons (Fsp3) is 0.889. The van der Waals surface area contributed by atoms with Crippen molar-refractivity contribution in [1.82, 2.24) is 4.90 Å². The third-order valence-electron chi connectivity index (χ3n) is 2.75. The molecule has 2 fully saturated rings.